The molecule has 0 radical (unpaired) electrons. The minimum atomic E-state index is -0.889. The maximum atomic E-state index is 12.2. The average molecular weight is 308 g/mol. The highest BCUT2D eigenvalue weighted by Gasteiger charge is 2.36. The number of fused-ring (bicyclic) bond motifs is 1. The first-order valence-electron chi connectivity index (χ1n) is 6.91. The predicted octanol–water partition coefficient (Wildman–Crippen LogP) is 1.87. The fourth-order valence-electron chi connectivity index (χ4n) is 2.27. The van der Waals surface area contributed by atoms with Gasteiger partial charge in [0.2, 0.25) is 0 Å². The summed E-state index contributed by atoms with van der Waals surface area (Å²) >= 11 is 0. The van der Waals surface area contributed by atoms with Gasteiger partial charge in [0, 0.05) is 6.42 Å². The summed E-state index contributed by atoms with van der Waals surface area (Å²) in [5.41, 5.74) is 0.335. The fourth-order valence-corrected chi connectivity index (χ4v) is 2.27. The molecule has 1 aromatic carbocycles. The molecule has 0 fully saturated rings. The van der Waals surface area contributed by atoms with Gasteiger partial charge in [0.15, 0.2) is 0 Å². The summed E-state index contributed by atoms with van der Waals surface area (Å²) in [5, 5.41) is 13.1. The van der Waals surface area contributed by atoms with Crippen molar-refractivity contribution in [2.75, 3.05) is 12.2 Å². The molecule has 22 heavy (non-hydrogen) atoms. The van der Waals surface area contributed by atoms with Crippen LogP contribution in [0.15, 0.2) is 18.2 Å². The molecule has 0 bridgehead atoms. The van der Waals surface area contributed by atoms with E-state index in [0.29, 0.717) is 22.1 Å². The number of alkyl carbamates (subject to hydrolysis) is 1. The number of methoxy groups -OCH3 is 1. The van der Waals surface area contributed by atoms with Crippen molar-refractivity contribution < 1.29 is 24.3 Å². The zero-order valence-electron chi connectivity index (χ0n) is 13.0. The molecule has 0 aromatic heterocycles. The minimum absolute atomic E-state index is 0.252. The lowest BCUT2D eigenvalue weighted by molar-refractivity contribution is -0.126. The standard InChI is InChI=1S/C15H20N2O5/c1-15(2,3)22-14(19)16-10-8-9-6-5-7-11(21-4)12(9)17(20)13(10)18/h5-7,10,20H,8H2,1-4H3,(H,16,19)/t10-/m0/s1. The number of carbonyl (C=O) groups is 2. The summed E-state index contributed by atoms with van der Waals surface area (Å²) in [6.45, 7) is 5.19. The summed E-state index contributed by atoms with van der Waals surface area (Å²) in [6, 6.07) is 4.28. The lowest BCUT2D eigenvalue weighted by Gasteiger charge is -2.31. The number of amides is 2. The summed E-state index contributed by atoms with van der Waals surface area (Å²) in [7, 11) is 1.46. The van der Waals surface area contributed by atoms with Crippen molar-refractivity contribution in [1.82, 2.24) is 5.32 Å². The zero-order valence-corrected chi connectivity index (χ0v) is 13.0. The lowest BCUT2D eigenvalue weighted by atomic mass is 9.98. The van der Waals surface area contributed by atoms with Gasteiger partial charge in [-0.25, -0.2) is 4.79 Å². The van der Waals surface area contributed by atoms with E-state index in [2.05, 4.69) is 5.32 Å². The van der Waals surface area contributed by atoms with Gasteiger partial charge in [0.25, 0.3) is 5.91 Å². The molecule has 0 aliphatic carbocycles. The molecular weight excluding hydrogens is 288 g/mol. The summed E-state index contributed by atoms with van der Waals surface area (Å²) in [4.78, 5) is 24.0. The van der Waals surface area contributed by atoms with Crippen molar-refractivity contribution >= 4 is 17.7 Å². The number of ether oxygens (including phenoxy) is 2. The van der Waals surface area contributed by atoms with Gasteiger partial charge in [0.1, 0.15) is 23.1 Å². The number of hydroxylamine groups is 1. The Balaban J connectivity index is 2.20. The van der Waals surface area contributed by atoms with Crippen LogP contribution in [0.2, 0.25) is 0 Å². The van der Waals surface area contributed by atoms with E-state index >= 15 is 0 Å². The Morgan fingerprint density at radius 2 is 2.09 bits per heavy atom. The van der Waals surface area contributed by atoms with Crippen LogP contribution in [0.1, 0.15) is 26.3 Å². The molecule has 7 nitrogen and oxygen atoms in total. The van der Waals surface area contributed by atoms with E-state index in [1.165, 1.54) is 7.11 Å². The van der Waals surface area contributed by atoms with Crippen molar-refractivity contribution in [3.8, 4) is 5.75 Å². The van der Waals surface area contributed by atoms with E-state index in [-0.39, 0.29) is 6.42 Å². The molecule has 1 atom stereocenters. The van der Waals surface area contributed by atoms with E-state index in [1.54, 1.807) is 39.0 Å². The number of para-hydroxylation sites is 1. The first-order chi connectivity index (χ1) is 10.2. The van der Waals surface area contributed by atoms with E-state index in [9.17, 15) is 14.8 Å². The molecule has 0 saturated heterocycles. The first kappa shape index (κ1) is 16.1. The highest BCUT2D eigenvalue weighted by Crippen LogP contribution is 2.35. The van der Waals surface area contributed by atoms with E-state index < -0.39 is 23.6 Å². The highest BCUT2D eigenvalue weighted by atomic mass is 16.6. The van der Waals surface area contributed by atoms with Crippen molar-refractivity contribution in [2.45, 2.75) is 38.8 Å². The number of hydrogen-bond acceptors (Lipinski definition) is 5. The zero-order chi connectivity index (χ0) is 16.5. The molecule has 0 spiro atoms. The fraction of sp³-hybridized carbons (Fsp3) is 0.467. The quantitative estimate of drug-likeness (QED) is 0.814. The Morgan fingerprint density at radius 1 is 1.41 bits per heavy atom. The van der Waals surface area contributed by atoms with Crippen LogP contribution >= 0.6 is 0 Å². The number of hydrogen-bond donors (Lipinski definition) is 2. The minimum Gasteiger partial charge on any atom is -0.494 e. The highest BCUT2D eigenvalue weighted by molar-refractivity contribution is 6.01. The molecule has 0 saturated carbocycles. The second-order valence-corrected chi connectivity index (χ2v) is 6.02. The first-order valence-corrected chi connectivity index (χ1v) is 6.91. The molecule has 2 N–H and O–H groups in total. The van der Waals surface area contributed by atoms with Crippen LogP contribution in [0.5, 0.6) is 5.75 Å². The third-order valence-corrected chi connectivity index (χ3v) is 3.14. The van der Waals surface area contributed by atoms with E-state index in [0.717, 1.165) is 0 Å². The topological polar surface area (TPSA) is 88.1 Å². The largest absolute Gasteiger partial charge is 0.494 e. The Labute approximate surface area is 128 Å². The molecular formula is C15H20N2O5. The number of rotatable bonds is 2. The normalized spacial score (nSPS) is 17.8. The van der Waals surface area contributed by atoms with Gasteiger partial charge in [-0.3, -0.25) is 10.0 Å². The Morgan fingerprint density at radius 3 is 2.68 bits per heavy atom. The second-order valence-electron chi connectivity index (χ2n) is 6.02. The number of carbonyl (C=O) groups excluding carboxylic acids is 2. The smallest absolute Gasteiger partial charge is 0.408 e. The van der Waals surface area contributed by atoms with Gasteiger partial charge in [-0.1, -0.05) is 12.1 Å². The van der Waals surface area contributed by atoms with E-state index in [1.807, 2.05) is 0 Å². The molecule has 120 valence electrons. The van der Waals surface area contributed by atoms with Gasteiger partial charge in [0.05, 0.1) is 7.11 Å². The molecule has 1 aromatic rings. The Hall–Kier alpha value is -2.28. The monoisotopic (exact) mass is 308 g/mol. The van der Waals surface area contributed by atoms with Gasteiger partial charge < -0.3 is 14.8 Å². The molecule has 7 heteroatoms. The van der Waals surface area contributed by atoms with Gasteiger partial charge >= 0.3 is 6.09 Å². The van der Waals surface area contributed by atoms with E-state index in [4.69, 9.17) is 9.47 Å². The van der Waals surface area contributed by atoms with Gasteiger partial charge in [-0.15, -0.1) is 0 Å². The lowest BCUT2D eigenvalue weighted by Crippen LogP contribution is -2.52. The Bertz CT molecular complexity index is 594. The molecule has 2 amide bonds. The van der Waals surface area contributed by atoms with Crippen LogP contribution in [0.3, 0.4) is 0 Å². The number of anilines is 1. The Kier molecular flexibility index (Phi) is 4.27. The number of nitrogens with zero attached hydrogens (tertiary/aromatic N) is 1. The van der Waals surface area contributed by atoms with Crippen LogP contribution in [0.25, 0.3) is 0 Å². The maximum Gasteiger partial charge on any atom is 0.408 e. The van der Waals surface area contributed by atoms with Crippen molar-refractivity contribution in [2.24, 2.45) is 0 Å². The maximum absolute atomic E-state index is 12.2. The predicted molar refractivity (Wildman–Crippen MR) is 79.1 cm³/mol. The number of nitrogens with one attached hydrogen (secondary N) is 1. The molecule has 2 rings (SSSR count). The number of benzene rings is 1. The van der Waals surface area contributed by atoms with Crippen LogP contribution < -0.4 is 15.1 Å². The molecule has 1 aliphatic rings. The molecule has 0 unspecified atom stereocenters. The van der Waals surface area contributed by atoms with Crippen LogP contribution in [0.4, 0.5) is 10.5 Å². The van der Waals surface area contributed by atoms with Crippen LogP contribution in [-0.2, 0) is 16.0 Å². The van der Waals surface area contributed by atoms with Crippen LogP contribution in [-0.4, -0.2) is 36.0 Å². The van der Waals surface area contributed by atoms with Crippen molar-refractivity contribution in [3.63, 3.8) is 0 Å². The molecule has 1 heterocycles. The van der Waals surface area contributed by atoms with Crippen LogP contribution in [0, 0.1) is 0 Å². The summed E-state index contributed by atoms with van der Waals surface area (Å²) in [5.74, 6) is -0.244. The summed E-state index contributed by atoms with van der Waals surface area (Å²) < 4.78 is 10.3. The van der Waals surface area contributed by atoms with Gasteiger partial charge in [-0.05, 0) is 32.4 Å². The summed E-state index contributed by atoms with van der Waals surface area (Å²) in [6.07, 6.45) is -0.451. The molecule has 1 aliphatic heterocycles. The van der Waals surface area contributed by atoms with Crippen molar-refractivity contribution in [3.05, 3.63) is 23.8 Å². The third kappa shape index (κ3) is 3.30. The average Bonchev–Trinajstić information content (AvgIpc) is 2.41. The SMILES string of the molecule is COc1cccc2c1N(O)C(=O)[C@@H](NC(=O)OC(C)(C)C)C2. The second kappa shape index (κ2) is 5.84. The van der Waals surface area contributed by atoms with Crippen molar-refractivity contribution in [1.29, 1.82) is 0 Å². The van der Waals surface area contributed by atoms with Gasteiger partial charge in [-0.2, -0.15) is 5.06 Å². The third-order valence-electron chi connectivity index (χ3n) is 3.14.